The first-order valence-electron chi connectivity index (χ1n) is 9.15. The van der Waals surface area contributed by atoms with Crippen molar-refractivity contribution in [1.29, 1.82) is 0 Å². The molecule has 1 fully saturated rings. The number of amides is 1. The molecule has 1 aromatic heterocycles. The van der Waals surface area contributed by atoms with Crippen LogP contribution in [0.3, 0.4) is 0 Å². The van der Waals surface area contributed by atoms with Gasteiger partial charge in [-0.05, 0) is 43.0 Å². The summed E-state index contributed by atoms with van der Waals surface area (Å²) in [7, 11) is 0. The second-order valence-electron chi connectivity index (χ2n) is 7.21. The molecule has 1 aliphatic heterocycles. The highest BCUT2D eigenvalue weighted by molar-refractivity contribution is 6.30. The fourth-order valence-electron chi connectivity index (χ4n) is 3.12. The Morgan fingerprint density at radius 3 is 2.65 bits per heavy atom. The molecule has 0 aliphatic carbocycles. The van der Waals surface area contributed by atoms with Gasteiger partial charge in [0.25, 0.3) is 0 Å². The molecule has 1 amide bonds. The van der Waals surface area contributed by atoms with Crippen LogP contribution >= 0.6 is 11.6 Å². The number of halogens is 1. The number of carbonyl (C=O) groups is 1. The van der Waals surface area contributed by atoms with Crippen LogP contribution in [0.1, 0.15) is 26.7 Å². The van der Waals surface area contributed by atoms with Crippen LogP contribution in [0, 0.1) is 11.8 Å². The van der Waals surface area contributed by atoms with Gasteiger partial charge in [0.15, 0.2) is 5.82 Å². The predicted molar refractivity (Wildman–Crippen MR) is 105 cm³/mol. The smallest absolute Gasteiger partial charge is 0.224 e. The molecule has 1 unspecified atom stereocenters. The highest BCUT2D eigenvalue weighted by Crippen LogP contribution is 2.24. The summed E-state index contributed by atoms with van der Waals surface area (Å²) in [5, 5.41) is 12.5. The third kappa shape index (κ3) is 4.73. The lowest BCUT2D eigenvalue weighted by molar-refractivity contribution is -0.125. The van der Waals surface area contributed by atoms with E-state index in [0.717, 1.165) is 43.0 Å². The Hall–Kier alpha value is -2.14. The van der Waals surface area contributed by atoms with Crippen molar-refractivity contribution in [3.8, 4) is 11.3 Å². The fourth-order valence-corrected chi connectivity index (χ4v) is 3.24. The number of piperidine rings is 1. The quantitative estimate of drug-likeness (QED) is 0.867. The zero-order valence-electron chi connectivity index (χ0n) is 15.3. The van der Waals surface area contributed by atoms with E-state index in [-0.39, 0.29) is 11.8 Å². The van der Waals surface area contributed by atoms with E-state index in [1.165, 1.54) is 0 Å². The van der Waals surface area contributed by atoms with E-state index in [4.69, 9.17) is 11.6 Å². The molecular weight excluding hydrogens is 348 g/mol. The summed E-state index contributed by atoms with van der Waals surface area (Å²) in [5.41, 5.74) is 1.80. The summed E-state index contributed by atoms with van der Waals surface area (Å²) in [6.07, 6.45) is 1.91. The Balaban J connectivity index is 1.65. The van der Waals surface area contributed by atoms with Crippen molar-refractivity contribution in [2.75, 3.05) is 24.5 Å². The third-order valence-corrected chi connectivity index (χ3v) is 4.84. The number of carbonyl (C=O) groups excluding carboxylic acids is 1. The van der Waals surface area contributed by atoms with E-state index in [1.807, 2.05) is 36.4 Å². The van der Waals surface area contributed by atoms with Crippen LogP contribution in [0.25, 0.3) is 11.3 Å². The molecule has 0 bridgehead atoms. The molecule has 5 nitrogen and oxygen atoms in total. The fraction of sp³-hybridized carbons (Fsp3) is 0.450. The van der Waals surface area contributed by atoms with Gasteiger partial charge in [-0.1, -0.05) is 37.6 Å². The van der Waals surface area contributed by atoms with Crippen molar-refractivity contribution in [3.63, 3.8) is 0 Å². The van der Waals surface area contributed by atoms with Crippen LogP contribution in [0.2, 0.25) is 5.02 Å². The number of anilines is 1. The Kier molecular flexibility index (Phi) is 6.09. The van der Waals surface area contributed by atoms with Crippen molar-refractivity contribution in [2.45, 2.75) is 26.7 Å². The Bertz CT molecular complexity index is 730. The molecule has 1 aromatic carbocycles. The van der Waals surface area contributed by atoms with Gasteiger partial charge in [-0.3, -0.25) is 4.79 Å². The van der Waals surface area contributed by atoms with Gasteiger partial charge in [0, 0.05) is 30.2 Å². The molecule has 1 aliphatic rings. The first-order chi connectivity index (χ1) is 12.5. The normalized spacial score (nSPS) is 17.4. The van der Waals surface area contributed by atoms with Crippen LogP contribution in [0.4, 0.5) is 5.82 Å². The topological polar surface area (TPSA) is 58.1 Å². The Labute approximate surface area is 159 Å². The lowest BCUT2D eigenvalue weighted by Crippen LogP contribution is -2.44. The number of nitrogens with one attached hydrogen (secondary N) is 1. The van der Waals surface area contributed by atoms with Crippen LogP contribution in [0.15, 0.2) is 36.4 Å². The molecule has 0 radical (unpaired) electrons. The number of hydrogen-bond donors (Lipinski definition) is 1. The minimum Gasteiger partial charge on any atom is -0.356 e. The Morgan fingerprint density at radius 2 is 2.00 bits per heavy atom. The molecule has 2 heterocycles. The molecule has 1 saturated heterocycles. The molecule has 1 atom stereocenters. The first kappa shape index (κ1) is 18.6. The highest BCUT2D eigenvalue weighted by atomic mass is 35.5. The highest BCUT2D eigenvalue weighted by Gasteiger charge is 2.26. The SMILES string of the molecule is CC(C)CNC(=O)C1CCCN(c2ccc(-c3ccc(Cl)cc3)nn2)C1. The van der Waals surface area contributed by atoms with Gasteiger partial charge < -0.3 is 10.2 Å². The zero-order valence-corrected chi connectivity index (χ0v) is 16.0. The molecule has 2 aromatic rings. The van der Waals surface area contributed by atoms with Gasteiger partial charge in [0.2, 0.25) is 5.91 Å². The summed E-state index contributed by atoms with van der Waals surface area (Å²) in [6.45, 7) is 6.53. The van der Waals surface area contributed by atoms with E-state index in [0.29, 0.717) is 17.5 Å². The molecular formula is C20H25ClN4O. The van der Waals surface area contributed by atoms with Crippen molar-refractivity contribution >= 4 is 23.3 Å². The minimum atomic E-state index is 0.0141. The standard InChI is InChI=1S/C20H25ClN4O/c1-14(2)12-22-20(26)16-4-3-11-25(13-16)19-10-9-18(23-24-19)15-5-7-17(21)8-6-15/h5-10,14,16H,3-4,11-13H2,1-2H3,(H,22,26). The van der Waals surface area contributed by atoms with Gasteiger partial charge >= 0.3 is 0 Å². The molecule has 26 heavy (non-hydrogen) atoms. The predicted octanol–water partition coefficient (Wildman–Crippen LogP) is 3.79. The number of nitrogens with zero attached hydrogens (tertiary/aromatic N) is 3. The summed E-state index contributed by atoms with van der Waals surface area (Å²) in [4.78, 5) is 14.5. The van der Waals surface area contributed by atoms with E-state index in [1.54, 1.807) is 0 Å². The van der Waals surface area contributed by atoms with Gasteiger partial charge in [-0.25, -0.2) is 0 Å². The first-order valence-corrected chi connectivity index (χ1v) is 9.53. The molecule has 0 spiro atoms. The molecule has 0 saturated carbocycles. The third-order valence-electron chi connectivity index (χ3n) is 4.59. The number of benzene rings is 1. The van der Waals surface area contributed by atoms with Crippen molar-refractivity contribution < 1.29 is 4.79 Å². The lowest BCUT2D eigenvalue weighted by Gasteiger charge is -2.32. The summed E-state index contributed by atoms with van der Waals surface area (Å²) >= 11 is 5.93. The molecule has 138 valence electrons. The largest absolute Gasteiger partial charge is 0.356 e. The average molecular weight is 373 g/mol. The molecule has 3 rings (SSSR count). The number of rotatable bonds is 5. The van der Waals surface area contributed by atoms with Crippen LogP contribution in [-0.4, -0.2) is 35.7 Å². The van der Waals surface area contributed by atoms with Gasteiger partial charge in [0.1, 0.15) is 0 Å². The lowest BCUT2D eigenvalue weighted by atomic mass is 9.97. The average Bonchev–Trinajstić information content (AvgIpc) is 2.67. The maximum atomic E-state index is 12.4. The summed E-state index contributed by atoms with van der Waals surface area (Å²) in [6, 6.07) is 11.5. The maximum absolute atomic E-state index is 12.4. The summed E-state index contributed by atoms with van der Waals surface area (Å²) in [5.74, 6) is 1.45. The van der Waals surface area contributed by atoms with Gasteiger partial charge in [-0.15, -0.1) is 10.2 Å². The van der Waals surface area contributed by atoms with Gasteiger partial charge in [0.05, 0.1) is 11.6 Å². The second kappa shape index (κ2) is 8.49. The molecule has 1 N–H and O–H groups in total. The van der Waals surface area contributed by atoms with E-state index >= 15 is 0 Å². The van der Waals surface area contributed by atoms with E-state index < -0.39 is 0 Å². The van der Waals surface area contributed by atoms with E-state index in [2.05, 4.69) is 34.3 Å². The number of aromatic nitrogens is 2. The van der Waals surface area contributed by atoms with Crippen molar-refractivity contribution in [3.05, 3.63) is 41.4 Å². The number of hydrogen-bond acceptors (Lipinski definition) is 4. The minimum absolute atomic E-state index is 0.0141. The van der Waals surface area contributed by atoms with E-state index in [9.17, 15) is 4.79 Å². The monoisotopic (exact) mass is 372 g/mol. The zero-order chi connectivity index (χ0) is 18.5. The van der Waals surface area contributed by atoms with Gasteiger partial charge in [-0.2, -0.15) is 0 Å². The summed E-state index contributed by atoms with van der Waals surface area (Å²) < 4.78 is 0. The Morgan fingerprint density at radius 1 is 1.23 bits per heavy atom. The molecule has 6 heteroatoms. The van der Waals surface area contributed by atoms with Crippen LogP contribution < -0.4 is 10.2 Å². The van der Waals surface area contributed by atoms with Crippen molar-refractivity contribution in [1.82, 2.24) is 15.5 Å². The van der Waals surface area contributed by atoms with Crippen LogP contribution in [0.5, 0.6) is 0 Å². The maximum Gasteiger partial charge on any atom is 0.224 e. The second-order valence-corrected chi connectivity index (χ2v) is 7.64. The van der Waals surface area contributed by atoms with Crippen LogP contribution in [-0.2, 0) is 4.79 Å². The van der Waals surface area contributed by atoms with Crippen molar-refractivity contribution in [2.24, 2.45) is 11.8 Å².